The summed E-state index contributed by atoms with van der Waals surface area (Å²) in [6, 6.07) is 15.2. The zero-order valence-corrected chi connectivity index (χ0v) is 21.5. The van der Waals surface area contributed by atoms with Gasteiger partial charge >= 0.3 is 6.09 Å². The first-order valence-electron chi connectivity index (χ1n) is 12.5. The number of para-hydroxylation sites is 1. The summed E-state index contributed by atoms with van der Waals surface area (Å²) in [5.41, 5.74) is 5.13. The van der Waals surface area contributed by atoms with Gasteiger partial charge in [-0.3, -0.25) is 15.0 Å². The van der Waals surface area contributed by atoms with Crippen molar-refractivity contribution >= 4 is 28.6 Å². The molecule has 9 nitrogen and oxygen atoms in total. The van der Waals surface area contributed by atoms with Crippen LogP contribution < -0.4 is 10.1 Å². The summed E-state index contributed by atoms with van der Waals surface area (Å²) in [6.07, 6.45) is 3.08. The van der Waals surface area contributed by atoms with E-state index in [1.165, 1.54) is 6.92 Å². The Labute approximate surface area is 220 Å². The Morgan fingerprint density at radius 3 is 2.68 bits per heavy atom. The second-order valence-corrected chi connectivity index (χ2v) is 9.05. The van der Waals surface area contributed by atoms with Gasteiger partial charge in [0.1, 0.15) is 18.0 Å². The van der Waals surface area contributed by atoms with Crippen LogP contribution in [0.25, 0.3) is 33.3 Å². The smallest absolute Gasteiger partial charge is 0.411 e. The number of nitrogens with one attached hydrogen (secondary N) is 2. The summed E-state index contributed by atoms with van der Waals surface area (Å²) in [4.78, 5) is 34.9. The minimum absolute atomic E-state index is 0.166. The van der Waals surface area contributed by atoms with Crippen LogP contribution in [0, 0.1) is 0 Å². The minimum Gasteiger partial charge on any atom is -0.496 e. The van der Waals surface area contributed by atoms with Crippen molar-refractivity contribution in [3.8, 4) is 28.0 Å². The zero-order chi connectivity index (χ0) is 26.5. The van der Waals surface area contributed by atoms with Gasteiger partial charge in [0.15, 0.2) is 5.78 Å². The van der Waals surface area contributed by atoms with Crippen molar-refractivity contribution in [3.05, 3.63) is 66.5 Å². The third-order valence-corrected chi connectivity index (χ3v) is 6.64. The molecule has 0 aliphatic carbocycles. The summed E-state index contributed by atoms with van der Waals surface area (Å²) in [7, 11) is 1.65. The molecule has 2 N–H and O–H groups in total. The number of anilines is 1. The lowest BCUT2D eigenvalue weighted by Crippen LogP contribution is -2.38. The van der Waals surface area contributed by atoms with E-state index in [1.807, 2.05) is 42.6 Å². The SMILES string of the molecule is COc1ccccc1-c1c[nH]c2ncc(-c3ccc(NC(=O)OCCN4CCOCC4)c(C(C)=O)c3)cc12. The van der Waals surface area contributed by atoms with Gasteiger partial charge in [-0.15, -0.1) is 0 Å². The van der Waals surface area contributed by atoms with Gasteiger partial charge in [-0.25, -0.2) is 9.78 Å². The Kier molecular flexibility index (Phi) is 7.67. The Bertz CT molecular complexity index is 1460. The molecule has 1 amide bonds. The molecule has 0 spiro atoms. The minimum atomic E-state index is -0.592. The van der Waals surface area contributed by atoms with Crippen LogP contribution >= 0.6 is 0 Å². The van der Waals surface area contributed by atoms with E-state index < -0.39 is 6.09 Å². The Morgan fingerprint density at radius 2 is 1.89 bits per heavy atom. The van der Waals surface area contributed by atoms with E-state index in [9.17, 15) is 9.59 Å². The van der Waals surface area contributed by atoms with Gasteiger partial charge in [0.05, 0.1) is 26.0 Å². The lowest BCUT2D eigenvalue weighted by molar-refractivity contribution is 0.0290. The van der Waals surface area contributed by atoms with Crippen LogP contribution in [0.1, 0.15) is 17.3 Å². The normalized spacial score (nSPS) is 13.8. The van der Waals surface area contributed by atoms with E-state index in [-0.39, 0.29) is 12.4 Å². The summed E-state index contributed by atoms with van der Waals surface area (Å²) >= 11 is 0. The number of methoxy groups -OCH3 is 1. The summed E-state index contributed by atoms with van der Waals surface area (Å²) in [5.74, 6) is 0.603. The molecular formula is C29H30N4O5. The molecule has 4 aromatic rings. The number of aromatic nitrogens is 2. The predicted molar refractivity (Wildman–Crippen MR) is 146 cm³/mol. The van der Waals surface area contributed by atoms with Crippen molar-refractivity contribution in [2.45, 2.75) is 6.92 Å². The zero-order valence-electron chi connectivity index (χ0n) is 21.5. The number of hydrogen-bond donors (Lipinski definition) is 2. The average molecular weight is 515 g/mol. The molecule has 9 heteroatoms. The Hall–Kier alpha value is -4.21. The van der Waals surface area contributed by atoms with E-state index in [2.05, 4.69) is 20.2 Å². The maximum absolute atomic E-state index is 12.5. The number of H-pyrrole nitrogens is 1. The van der Waals surface area contributed by atoms with Crippen molar-refractivity contribution in [2.24, 2.45) is 0 Å². The highest BCUT2D eigenvalue weighted by Crippen LogP contribution is 2.36. The first-order chi connectivity index (χ1) is 18.5. The van der Waals surface area contributed by atoms with Crippen LogP contribution in [0.5, 0.6) is 5.75 Å². The van der Waals surface area contributed by atoms with Gasteiger partial charge in [0.25, 0.3) is 0 Å². The number of ketones is 1. The molecule has 0 bridgehead atoms. The van der Waals surface area contributed by atoms with Crippen molar-refractivity contribution < 1.29 is 23.8 Å². The molecule has 1 fully saturated rings. The molecule has 1 saturated heterocycles. The lowest BCUT2D eigenvalue weighted by Gasteiger charge is -2.26. The second kappa shape index (κ2) is 11.5. The third-order valence-electron chi connectivity index (χ3n) is 6.64. The molecular weight excluding hydrogens is 484 g/mol. The number of amides is 1. The van der Waals surface area contributed by atoms with Crippen LogP contribution in [0.3, 0.4) is 0 Å². The molecule has 1 aliphatic rings. The number of ether oxygens (including phenoxy) is 3. The highest BCUT2D eigenvalue weighted by Gasteiger charge is 2.16. The maximum atomic E-state index is 12.5. The van der Waals surface area contributed by atoms with Gasteiger partial charge in [0.2, 0.25) is 0 Å². The van der Waals surface area contributed by atoms with Crippen molar-refractivity contribution in [1.82, 2.24) is 14.9 Å². The number of Topliss-reactive ketones (excluding diaryl/α,β-unsaturated/α-hetero) is 1. The number of carbonyl (C=O) groups is 2. The van der Waals surface area contributed by atoms with Gasteiger partial charge in [-0.2, -0.15) is 0 Å². The van der Waals surface area contributed by atoms with Crippen LogP contribution in [-0.2, 0) is 9.47 Å². The monoisotopic (exact) mass is 514 g/mol. The van der Waals surface area contributed by atoms with E-state index in [0.29, 0.717) is 31.0 Å². The standard InChI is InChI=1S/C29H30N4O5/c1-19(34)23-15-20(7-8-26(23)32-29(35)38-14-11-33-9-12-37-13-10-33)21-16-24-25(18-31-28(24)30-17-21)22-5-3-4-6-27(22)36-2/h3-8,15-18H,9-14H2,1-2H3,(H,30,31)(H,32,35). The summed E-state index contributed by atoms with van der Waals surface area (Å²) in [5, 5.41) is 3.65. The third kappa shape index (κ3) is 5.53. The van der Waals surface area contributed by atoms with Crippen molar-refractivity contribution in [2.75, 3.05) is 51.9 Å². The molecule has 3 heterocycles. The highest BCUT2D eigenvalue weighted by atomic mass is 16.5. The summed E-state index contributed by atoms with van der Waals surface area (Å²) in [6.45, 7) is 5.40. The number of rotatable bonds is 8. The number of hydrogen-bond acceptors (Lipinski definition) is 7. The fourth-order valence-electron chi connectivity index (χ4n) is 4.61. The molecule has 38 heavy (non-hydrogen) atoms. The van der Waals surface area contributed by atoms with Crippen molar-refractivity contribution in [1.29, 1.82) is 0 Å². The highest BCUT2D eigenvalue weighted by molar-refractivity contribution is 6.04. The largest absolute Gasteiger partial charge is 0.496 e. The molecule has 0 radical (unpaired) electrons. The fourth-order valence-corrected chi connectivity index (χ4v) is 4.61. The molecule has 0 atom stereocenters. The number of benzene rings is 2. The average Bonchev–Trinajstić information content (AvgIpc) is 3.37. The predicted octanol–water partition coefficient (Wildman–Crippen LogP) is 4.99. The quantitative estimate of drug-likeness (QED) is 0.319. The molecule has 2 aromatic heterocycles. The molecule has 5 rings (SSSR count). The van der Waals surface area contributed by atoms with E-state index in [0.717, 1.165) is 52.1 Å². The van der Waals surface area contributed by atoms with Crippen molar-refractivity contribution in [3.63, 3.8) is 0 Å². The van der Waals surface area contributed by atoms with E-state index in [1.54, 1.807) is 25.4 Å². The number of aromatic amines is 1. The Balaban J connectivity index is 1.36. The van der Waals surface area contributed by atoms with Crippen LogP contribution in [0.2, 0.25) is 0 Å². The topological polar surface area (TPSA) is 106 Å². The van der Waals surface area contributed by atoms with Gasteiger partial charge in [0, 0.05) is 59.7 Å². The number of carbonyl (C=O) groups excluding carboxylic acids is 2. The molecule has 2 aromatic carbocycles. The van der Waals surface area contributed by atoms with Gasteiger partial charge in [-0.1, -0.05) is 24.3 Å². The van der Waals surface area contributed by atoms with Crippen LogP contribution in [0.15, 0.2) is 60.9 Å². The number of morpholine rings is 1. The number of fused-ring (bicyclic) bond motifs is 1. The van der Waals surface area contributed by atoms with Gasteiger partial charge < -0.3 is 19.2 Å². The fraction of sp³-hybridized carbons (Fsp3) is 0.276. The van der Waals surface area contributed by atoms with E-state index >= 15 is 0 Å². The lowest BCUT2D eigenvalue weighted by atomic mass is 9.99. The van der Waals surface area contributed by atoms with E-state index in [4.69, 9.17) is 14.2 Å². The second-order valence-electron chi connectivity index (χ2n) is 9.05. The number of nitrogens with zero attached hydrogens (tertiary/aromatic N) is 2. The first kappa shape index (κ1) is 25.4. The van der Waals surface area contributed by atoms with Gasteiger partial charge in [-0.05, 0) is 36.8 Å². The first-order valence-corrected chi connectivity index (χ1v) is 12.5. The number of pyridine rings is 1. The molecule has 1 aliphatic heterocycles. The molecule has 0 unspecified atom stereocenters. The van der Waals surface area contributed by atoms with Crippen LogP contribution in [0.4, 0.5) is 10.5 Å². The Morgan fingerprint density at radius 1 is 1.08 bits per heavy atom. The summed E-state index contributed by atoms with van der Waals surface area (Å²) < 4.78 is 16.2. The molecule has 196 valence electrons. The maximum Gasteiger partial charge on any atom is 0.411 e. The molecule has 0 saturated carbocycles. The van der Waals surface area contributed by atoms with Crippen LogP contribution in [-0.4, -0.2) is 73.3 Å².